The van der Waals surface area contributed by atoms with Crippen molar-refractivity contribution < 1.29 is 23.8 Å². The molecule has 0 radical (unpaired) electrons. The number of hydrogen-bond donors (Lipinski definition) is 1. The molecule has 0 unspecified atom stereocenters. The number of fused-ring (bicyclic) bond motifs is 1. The van der Waals surface area contributed by atoms with Gasteiger partial charge in [0.1, 0.15) is 11.5 Å². The zero-order valence-corrected chi connectivity index (χ0v) is 24.4. The number of hydrogen-bond acceptors (Lipinski definition) is 7. The van der Waals surface area contributed by atoms with Gasteiger partial charge in [0, 0.05) is 11.6 Å². The van der Waals surface area contributed by atoms with Gasteiger partial charge in [-0.2, -0.15) is 0 Å². The number of nitrogens with zero attached hydrogens (tertiary/aromatic N) is 2. The third-order valence-electron chi connectivity index (χ3n) is 6.82. The predicted molar refractivity (Wildman–Crippen MR) is 157 cm³/mol. The quantitative estimate of drug-likeness (QED) is 0.283. The lowest BCUT2D eigenvalue weighted by Gasteiger charge is -2.25. The van der Waals surface area contributed by atoms with Gasteiger partial charge < -0.3 is 14.3 Å². The highest BCUT2D eigenvalue weighted by molar-refractivity contribution is 7.07. The number of esters is 1. The Kier molecular flexibility index (Phi) is 7.84. The Balaban J connectivity index is 1.61. The standard InChI is InChI=1S/C31H27ClN2O6S/c1-5-39-30(38)26-17(4)33-31-34(27(26)19-8-6-18(7-9-19)16(2)3)28(35)25(41-31)15-21-11-13-24(40-21)20-10-12-23(32)22(14-20)29(36)37/h6-16,27H,5H2,1-4H3,(H,36,37)/b25-15-/t27-/m0/s1. The summed E-state index contributed by atoms with van der Waals surface area (Å²) >= 11 is 7.19. The van der Waals surface area contributed by atoms with Crippen LogP contribution in [-0.2, 0) is 9.53 Å². The molecule has 0 spiro atoms. The molecule has 0 saturated carbocycles. The van der Waals surface area contributed by atoms with Gasteiger partial charge >= 0.3 is 11.9 Å². The van der Waals surface area contributed by atoms with Crippen molar-refractivity contribution in [1.29, 1.82) is 0 Å². The normalized spacial score (nSPS) is 15.2. The SMILES string of the molecule is CCOC(=O)C1=C(C)N=c2s/c(=C\c3ccc(-c4ccc(Cl)c(C(=O)O)c4)o3)c(=O)n2[C@H]1c1ccc(C(C)C)cc1. The number of allylic oxidation sites excluding steroid dienone is 1. The number of aromatic nitrogens is 1. The predicted octanol–water partition coefficient (Wildman–Crippen LogP) is 5.53. The number of thiazole rings is 1. The van der Waals surface area contributed by atoms with Crippen LogP contribution in [0.3, 0.4) is 0 Å². The Bertz CT molecular complexity index is 1880. The second kappa shape index (κ2) is 11.3. The number of aromatic carboxylic acids is 1. The van der Waals surface area contributed by atoms with E-state index < -0.39 is 18.0 Å². The molecule has 0 bridgehead atoms. The number of furan rings is 1. The van der Waals surface area contributed by atoms with Gasteiger partial charge in [-0.1, -0.05) is 61.1 Å². The summed E-state index contributed by atoms with van der Waals surface area (Å²) in [7, 11) is 0. The molecule has 1 aliphatic heterocycles. The van der Waals surface area contributed by atoms with Crippen molar-refractivity contribution in [2.24, 2.45) is 4.99 Å². The maximum absolute atomic E-state index is 13.8. The molecule has 3 heterocycles. The number of carbonyl (C=O) groups excluding carboxylic acids is 1. The van der Waals surface area contributed by atoms with Crippen LogP contribution in [0.5, 0.6) is 0 Å². The van der Waals surface area contributed by atoms with E-state index in [0.29, 0.717) is 43.6 Å². The van der Waals surface area contributed by atoms with Crippen molar-refractivity contribution in [3.63, 3.8) is 0 Å². The van der Waals surface area contributed by atoms with E-state index in [9.17, 15) is 19.5 Å². The zero-order chi connectivity index (χ0) is 29.4. The van der Waals surface area contributed by atoms with E-state index in [1.807, 2.05) is 24.3 Å². The van der Waals surface area contributed by atoms with Gasteiger partial charge in [0.2, 0.25) is 0 Å². The number of carboxylic acids is 1. The summed E-state index contributed by atoms with van der Waals surface area (Å²) in [5.41, 5.74) is 2.91. The van der Waals surface area contributed by atoms with Crippen molar-refractivity contribution in [3.05, 3.63) is 113 Å². The molecule has 5 rings (SSSR count). The maximum Gasteiger partial charge on any atom is 0.338 e. The number of rotatable bonds is 7. The molecule has 4 aromatic rings. The fourth-order valence-electron chi connectivity index (χ4n) is 4.73. The van der Waals surface area contributed by atoms with Crippen LogP contribution in [0.4, 0.5) is 0 Å². The van der Waals surface area contributed by atoms with Crippen molar-refractivity contribution in [2.45, 2.75) is 39.7 Å². The van der Waals surface area contributed by atoms with Crippen LogP contribution >= 0.6 is 22.9 Å². The Morgan fingerprint density at radius 2 is 1.90 bits per heavy atom. The average molecular weight is 591 g/mol. The fourth-order valence-corrected chi connectivity index (χ4v) is 5.95. The highest BCUT2D eigenvalue weighted by Gasteiger charge is 2.33. The molecule has 10 heteroatoms. The first-order valence-electron chi connectivity index (χ1n) is 13.0. The van der Waals surface area contributed by atoms with Gasteiger partial charge in [0.05, 0.1) is 39.0 Å². The summed E-state index contributed by atoms with van der Waals surface area (Å²) in [5.74, 6) is -0.506. The highest BCUT2D eigenvalue weighted by atomic mass is 35.5. The Morgan fingerprint density at radius 1 is 1.17 bits per heavy atom. The fraction of sp³-hybridized carbons (Fsp3) is 0.226. The van der Waals surface area contributed by atoms with Gasteiger partial charge in [-0.25, -0.2) is 14.6 Å². The van der Waals surface area contributed by atoms with Crippen molar-refractivity contribution in [3.8, 4) is 11.3 Å². The van der Waals surface area contributed by atoms with Crippen molar-refractivity contribution in [2.75, 3.05) is 6.61 Å². The Labute approximate surface area is 244 Å². The van der Waals surface area contributed by atoms with Crippen LogP contribution in [0.25, 0.3) is 17.4 Å². The van der Waals surface area contributed by atoms with Gasteiger partial charge in [0.15, 0.2) is 4.80 Å². The second-order valence-corrected chi connectivity index (χ2v) is 11.2. The third kappa shape index (κ3) is 5.42. The van der Waals surface area contributed by atoms with E-state index in [-0.39, 0.29) is 22.8 Å². The molecule has 0 aliphatic carbocycles. The first-order chi connectivity index (χ1) is 19.6. The minimum absolute atomic E-state index is 0.0374. The Morgan fingerprint density at radius 3 is 2.56 bits per heavy atom. The summed E-state index contributed by atoms with van der Waals surface area (Å²) in [6, 6.07) is 15.2. The molecule has 2 aromatic carbocycles. The number of carbonyl (C=O) groups is 2. The summed E-state index contributed by atoms with van der Waals surface area (Å²) in [4.78, 5) is 43.5. The molecule has 2 aromatic heterocycles. The number of benzene rings is 2. The largest absolute Gasteiger partial charge is 0.478 e. The van der Waals surface area contributed by atoms with Crippen LogP contribution in [0.1, 0.15) is 66.9 Å². The molecule has 0 amide bonds. The second-order valence-electron chi connectivity index (χ2n) is 9.83. The van der Waals surface area contributed by atoms with E-state index in [1.54, 1.807) is 38.1 Å². The number of carboxylic acid groups (broad SMARTS) is 1. The lowest BCUT2D eigenvalue weighted by Crippen LogP contribution is -2.39. The smallest absolute Gasteiger partial charge is 0.338 e. The molecule has 1 atom stereocenters. The van der Waals surface area contributed by atoms with Gasteiger partial charge in [-0.3, -0.25) is 9.36 Å². The third-order valence-corrected chi connectivity index (χ3v) is 8.13. The summed E-state index contributed by atoms with van der Waals surface area (Å²) in [6.07, 6.45) is 1.61. The summed E-state index contributed by atoms with van der Waals surface area (Å²) in [5, 5.41) is 9.52. The number of ether oxygens (including phenoxy) is 1. The molecule has 8 nitrogen and oxygen atoms in total. The van der Waals surface area contributed by atoms with Crippen LogP contribution in [0, 0.1) is 0 Å². The van der Waals surface area contributed by atoms with E-state index >= 15 is 0 Å². The molecule has 41 heavy (non-hydrogen) atoms. The average Bonchev–Trinajstić information content (AvgIpc) is 3.52. The van der Waals surface area contributed by atoms with Gasteiger partial charge in [-0.15, -0.1) is 0 Å². The number of halogens is 1. The first kappa shape index (κ1) is 28.3. The lowest BCUT2D eigenvalue weighted by molar-refractivity contribution is -0.139. The van der Waals surface area contributed by atoms with Gasteiger partial charge in [0.25, 0.3) is 5.56 Å². The molecule has 1 N–H and O–H groups in total. The molecular formula is C31H27ClN2O6S. The van der Waals surface area contributed by atoms with E-state index in [2.05, 4.69) is 18.8 Å². The van der Waals surface area contributed by atoms with Crippen molar-refractivity contribution in [1.82, 2.24) is 4.57 Å². The van der Waals surface area contributed by atoms with E-state index in [1.165, 1.54) is 28.0 Å². The van der Waals surface area contributed by atoms with E-state index in [4.69, 9.17) is 20.8 Å². The minimum Gasteiger partial charge on any atom is -0.478 e. The van der Waals surface area contributed by atoms with Gasteiger partial charge in [-0.05, 0) is 61.2 Å². The molecule has 0 saturated heterocycles. The first-order valence-corrected chi connectivity index (χ1v) is 14.2. The van der Waals surface area contributed by atoms with Crippen LogP contribution in [0.2, 0.25) is 5.02 Å². The summed E-state index contributed by atoms with van der Waals surface area (Å²) < 4.78 is 13.2. The lowest BCUT2D eigenvalue weighted by atomic mass is 9.93. The Hall–Kier alpha value is -4.21. The monoisotopic (exact) mass is 590 g/mol. The molecule has 1 aliphatic rings. The highest BCUT2D eigenvalue weighted by Crippen LogP contribution is 2.32. The van der Waals surface area contributed by atoms with Crippen LogP contribution < -0.4 is 14.9 Å². The zero-order valence-electron chi connectivity index (χ0n) is 22.8. The summed E-state index contributed by atoms with van der Waals surface area (Å²) in [6.45, 7) is 7.88. The van der Waals surface area contributed by atoms with Crippen LogP contribution in [-0.4, -0.2) is 28.2 Å². The minimum atomic E-state index is -1.14. The molecule has 210 valence electrons. The van der Waals surface area contributed by atoms with E-state index in [0.717, 1.165) is 11.1 Å². The topological polar surface area (TPSA) is 111 Å². The molecular weight excluding hydrogens is 564 g/mol. The van der Waals surface area contributed by atoms with Crippen molar-refractivity contribution >= 4 is 41.0 Å². The van der Waals surface area contributed by atoms with Crippen LogP contribution in [0.15, 0.2) is 80.1 Å². The maximum atomic E-state index is 13.8. The molecule has 0 fully saturated rings.